The van der Waals surface area contributed by atoms with Crippen molar-refractivity contribution >= 4 is 29.1 Å². The number of hydrogen-bond donors (Lipinski definition) is 3. The third kappa shape index (κ3) is 2.50. The third-order valence-corrected chi connectivity index (χ3v) is 3.61. The molecule has 2 atom stereocenters. The molecule has 5 heteroatoms. The van der Waals surface area contributed by atoms with Gasteiger partial charge in [0, 0.05) is 11.3 Å². The standard InChI is InChI=1S/C7H15N3S2/c1-12-6-4-2-3-5(6)9-7(11)10-8/h5-6H,2-4,8H2,1H3,(H2,9,10,11). The van der Waals surface area contributed by atoms with Crippen molar-refractivity contribution < 1.29 is 0 Å². The van der Waals surface area contributed by atoms with Gasteiger partial charge in [-0.25, -0.2) is 5.84 Å². The lowest BCUT2D eigenvalue weighted by atomic mass is 10.2. The Bertz CT molecular complexity index is 163. The van der Waals surface area contributed by atoms with Gasteiger partial charge in [-0.1, -0.05) is 6.42 Å². The largest absolute Gasteiger partial charge is 0.358 e. The van der Waals surface area contributed by atoms with E-state index in [0.717, 1.165) is 0 Å². The first-order valence-electron chi connectivity index (χ1n) is 4.08. The number of thioether (sulfide) groups is 1. The molecule has 0 radical (unpaired) electrons. The van der Waals surface area contributed by atoms with E-state index in [1.54, 1.807) is 0 Å². The second kappa shape index (κ2) is 4.89. The molecule has 12 heavy (non-hydrogen) atoms. The zero-order chi connectivity index (χ0) is 8.97. The topological polar surface area (TPSA) is 50.1 Å². The van der Waals surface area contributed by atoms with Crippen LogP contribution >= 0.6 is 24.0 Å². The fourth-order valence-corrected chi connectivity index (χ4v) is 2.67. The second-order valence-electron chi connectivity index (χ2n) is 2.93. The van der Waals surface area contributed by atoms with Gasteiger partial charge < -0.3 is 10.7 Å². The van der Waals surface area contributed by atoms with E-state index in [0.29, 0.717) is 16.4 Å². The zero-order valence-corrected chi connectivity index (χ0v) is 8.80. The normalized spacial score (nSPS) is 28.5. The summed E-state index contributed by atoms with van der Waals surface area (Å²) in [5.74, 6) is 5.18. The van der Waals surface area contributed by atoms with Crippen molar-refractivity contribution in [3.8, 4) is 0 Å². The van der Waals surface area contributed by atoms with Crippen molar-refractivity contribution in [2.24, 2.45) is 5.84 Å². The molecule has 70 valence electrons. The zero-order valence-electron chi connectivity index (χ0n) is 7.17. The molecule has 0 aromatic rings. The van der Waals surface area contributed by atoms with Gasteiger partial charge >= 0.3 is 0 Å². The number of nitrogens with one attached hydrogen (secondary N) is 2. The Morgan fingerprint density at radius 3 is 2.92 bits per heavy atom. The van der Waals surface area contributed by atoms with Crippen LogP contribution in [0.25, 0.3) is 0 Å². The molecule has 1 aliphatic carbocycles. The van der Waals surface area contributed by atoms with Gasteiger partial charge in [-0.15, -0.1) is 0 Å². The Labute approximate surface area is 82.8 Å². The van der Waals surface area contributed by atoms with Crippen molar-refractivity contribution in [1.29, 1.82) is 0 Å². The van der Waals surface area contributed by atoms with E-state index in [9.17, 15) is 0 Å². The van der Waals surface area contributed by atoms with Crippen LogP contribution < -0.4 is 16.6 Å². The number of rotatable bonds is 2. The van der Waals surface area contributed by atoms with Crippen LogP contribution in [0.5, 0.6) is 0 Å². The van der Waals surface area contributed by atoms with Gasteiger partial charge in [0.2, 0.25) is 0 Å². The van der Waals surface area contributed by atoms with Crippen LogP contribution in [0.3, 0.4) is 0 Å². The third-order valence-electron chi connectivity index (χ3n) is 2.20. The Morgan fingerprint density at radius 1 is 1.58 bits per heavy atom. The number of hydrazine groups is 1. The maximum absolute atomic E-state index is 5.18. The summed E-state index contributed by atoms with van der Waals surface area (Å²) in [7, 11) is 0. The van der Waals surface area contributed by atoms with E-state index in [1.165, 1.54) is 19.3 Å². The molecule has 1 fully saturated rings. The first-order valence-corrected chi connectivity index (χ1v) is 5.77. The van der Waals surface area contributed by atoms with Crippen LogP contribution in [-0.4, -0.2) is 22.7 Å². The maximum atomic E-state index is 5.18. The molecule has 0 amide bonds. The van der Waals surface area contributed by atoms with E-state index in [-0.39, 0.29) is 0 Å². The first kappa shape index (κ1) is 10.1. The van der Waals surface area contributed by atoms with Gasteiger partial charge in [-0.05, 0) is 31.3 Å². The van der Waals surface area contributed by atoms with Crippen LogP contribution in [0.4, 0.5) is 0 Å². The Balaban J connectivity index is 2.35. The lowest BCUT2D eigenvalue weighted by molar-refractivity contribution is 0.634. The summed E-state index contributed by atoms with van der Waals surface area (Å²) in [6, 6.07) is 0.503. The van der Waals surface area contributed by atoms with E-state index in [2.05, 4.69) is 17.0 Å². The average molecular weight is 205 g/mol. The lowest BCUT2D eigenvalue weighted by Gasteiger charge is -2.19. The highest BCUT2D eigenvalue weighted by Gasteiger charge is 2.26. The Kier molecular flexibility index (Phi) is 4.11. The number of nitrogens with two attached hydrogens (primary N) is 1. The first-order chi connectivity index (χ1) is 5.77. The van der Waals surface area contributed by atoms with Crippen LogP contribution in [0.2, 0.25) is 0 Å². The van der Waals surface area contributed by atoms with E-state index >= 15 is 0 Å². The van der Waals surface area contributed by atoms with Crippen LogP contribution in [0.1, 0.15) is 19.3 Å². The molecular weight excluding hydrogens is 190 g/mol. The molecule has 1 rings (SSSR count). The molecule has 0 heterocycles. The van der Waals surface area contributed by atoms with Crippen molar-refractivity contribution in [2.75, 3.05) is 6.26 Å². The summed E-state index contributed by atoms with van der Waals surface area (Å²) < 4.78 is 0. The number of thiocarbonyl (C=S) groups is 1. The van der Waals surface area contributed by atoms with E-state index in [4.69, 9.17) is 18.1 Å². The SMILES string of the molecule is CSC1CCCC1NC(=S)NN. The molecule has 0 aromatic carbocycles. The molecule has 4 N–H and O–H groups in total. The molecule has 0 saturated heterocycles. The minimum Gasteiger partial charge on any atom is -0.358 e. The van der Waals surface area contributed by atoms with Crippen molar-refractivity contribution in [1.82, 2.24) is 10.7 Å². The highest BCUT2D eigenvalue weighted by Crippen LogP contribution is 2.28. The molecule has 3 nitrogen and oxygen atoms in total. The average Bonchev–Trinajstić information content (AvgIpc) is 2.51. The quantitative estimate of drug-likeness (QED) is 0.350. The predicted molar refractivity (Wildman–Crippen MR) is 58.0 cm³/mol. The van der Waals surface area contributed by atoms with Gasteiger partial charge in [0.1, 0.15) is 0 Å². The molecule has 2 unspecified atom stereocenters. The molecular formula is C7H15N3S2. The van der Waals surface area contributed by atoms with Crippen molar-refractivity contribution in [2.45, 2.75) is 30.6 Å². The smallest absolute Gasteiger partial charge is 0.180 e. The summed E-state index contributed by atoms with van der Waals surface area (Å²) >= 11 is 6.84. The fourth-order valence-electron chi connectivity index (χ4n) is 1.58. The Hall–Kier alpha value is -0.0000000000000000486. The highest BCUT2D eigenvalue weighted by atomic mass is 32.2. The van der Waals surface area contributed by atoms with E-state index in [1.807, 2.05) is 11.8 Å². The van der Waals surface area contributed by atoms with Crippen LogP contribution in [0.15, 0.2) is 0 Å². The molecule has 1 saturated carbocycles. The maximum Gasteiger partial charge on any atom is 0.180 e. The van der Waals surface area contributed by atoms with Crippen molar-refractivity contribution in [3.05, 3.63) is 0 Å². The summed E-state index contributed by atoms with van der Waals surface area (Å²) in [6.07, 6.45) is 5.92. The monoisotopic (exact) mass is 205 g/mol. The van der Waals surface area contributed by atoms with Crippen LogP contribution in [-0.2, 0) is 0 Å². The molecule has 1 aliphatic rings. The summed E-state index contributed by atoms with van der Waals surface area (Å²) in [5.41, 5.74) is 2.45. The molecule has 0 aliphatic heterocycles. The minimum atomic E-state index is 0.503. The van der Waals surface area contributed by atoms with Gasteiger partial charge in [-0.2, -0.15) is 11.8 Å². The van der Waals surface area contributed by atoms with Gasteiger partial charge in [0.15, 0.2) is 5.11 Å². The number of hydrogen-bond acceptors (Lipinski definition) is 3. The fraction of sp³-hybridized carbons (Fsp3) is 0.857. The molecule has 0 aromatic heterocycles. The Morgan fingerprint density at radius 2 is 2.33 bits per heavy atom. The second-order valence-corrected chi connectivity index (χ2v) is 4.41. The van der Waals surface area contributed by atoms with Crippen molar-refractivity contribution in [3.63, 3.8) is 0 Å². The summed E-state index contributed by atoms with van der Waals surface area (Å²) in [6.45, 7) is 0. The van der Waals surface area contributed by atoms with Crippen LogP contribution in [0, 0.1) is 0 Å². The van der Waals surface area contributed by atoms with Gasteiger partial charge in [-0.3, -0.25) is 0 Å². The molecule has 0 spiro atoms. The van der Waals surface area contributed by atoms with E-state index < -0.39 is 0 Å². The summed E-state index contributed by atoms with van der Waals surface area (Å²) in [4.78, 5) is 0. The van der Waals surface area contributed by atoms with Gasteiger partial charge in [0.25, 0.3) is 0 Å². The molecule has 0 bridgehead atoms. The summed E-state index contributed by atoms with van der Waals surface area (Å²) in [5, 5.41) is 4.45. The predicted octanol–water partition coefficient (Wildman–Crippen LogP) is 0.608. The lowest BCUT2D eigenvalue weighted by Crippen LogP contribution is -2.46. The minimum absolute atomic E-state index is 0.503. The van der Waals surface area contributed by atoms with Gasteiger partial charge in [0.05, 0.1) is 0 Å². The highest BCUT2D eigenvalue weighted by molar-refractivity contribution is 7.99.